The molecule has 3 aromatic carbocycles. The van der Waals surface area contributed by atoms with Crippen LogP contribution in [0.25, 0.3) is 10.8 Å². The number of methoxy groups -OCH3 is 1. The number of fused-ring (bicyclic) bond motifs is 1. The predicted molar refractivity (Wildman–Crippen MR) is 91.2 cm³/mol. The molecule has 0 aliphatic carbocycles. The number of phenols is 1. The van der Waals surface area contributed by atoms with E-state index in [1.165, 1.54) is 7.11 Å². The topological polar surface area (TPSA) is 70.6 Å². The second kappa shape index (κ2) is 6.27. The van der Waals surface area contributed by atoms with E-state index in [4.69, 9.17) is 4.74 Å². The fourth-order valence-electron chi connectivity index (χ4n) is 2.35. The standard InChI is InChI=1S/C18H16N2O3/c1-23-17-9-5-4-8-14(17)19-18(22)20-15-10-12-6-2-3-7-13(12)11-16(15)21/h2-11,21H,1H3,(H2,19,20,22). The van der Waals surface area contributed by atoms with Gasteiger partial charge in [-0.2, -0.15) is 0 Å². The van der Waals surface area contributed by atoms with Gasteiger partial charge in [-0.3, -0.25) is 0 Å². The molecule has 5 nitrogen and oxygen atoms in total. The van der Waals surface area contributed by atoms with E-state index in [0.29, 0.717) is 17.1 Å². The van der Waals surface area contributed by atoms with Gasteiger partial charge in [-0.1, -0.05) is 36.4 Å². The van der Waals surface area contributed by atoms with Gasteiger partial charge < -0.3 is 20.5 Å². The van der Waals surface area contributed by atoms with E-state index in [-0.39, 0.29) is 5.75 Å². The number of benzene rings is 3. The summed E-state index contributed by atoms with van der Waals surface area (Å²) in [5.41, 5.74) is 0.892. The first kappa shape index (κ1) is 14.7. The first-order valence-electron chi connectivity index (χ1n) is 7.10. The summed E-state index contributed by atoms with van der Waals surface area (Å²) < 4.78 is 5.19. The number of aromatic hydroxyl groups is 1. The van der Waals surface area contributed by atoms with Crippen molar-refractivity contribution in [3.63, 3.8) is 0 Å². The van der Waals surface area contributed by atoms with Gasteiger partial charge in [0.25, 0.3) is 0 Å². The maximum absolute atomic E-state index is 12.1. The maximum Gasteiger partial charge on any atom is 0.323 e. The molecule has 0 aliphatic rings. The highest BCUT2D eigenvalue weighted by molar-refractivity contribution is 6.03. The summed E-state index contributed by atoms with van der Waals surface area (Å²) in [5.74, 6) is 0.573. The molecule has 3 rings (SSSR count). The van der Waals surface area contributed by atoms with Crippen molar-refractivity contribution in [1.29, 1.82) is 0 Å². The quantitative estimate of drug-likeness (QED) is 0.635. The molecule has 3 N–H and O–H groups in total. The summed E-state index contributed by atoms with van der Waals surface area (Å²) in [4.78, 5) is 12.1. The normalized spacial score (nSPS) is 10.3. The van der Waals surface area contributed by atoms with Gasteiger partial charge in [-0.05, 0) is 35.0 Å². The van der Waals surface area contributed by atoms with E-state index in [1.807, 2.05) is 30.3 Å². The van der Waals surface area contributed by atoms with Crippen LogP contribution < -0.4 is 15.4 Å². The molecular weight excluding hydrogens is 292 g/mol. The lowest BCUT2D eigenvalue weighted by Crippen LogP contribution is -2.19. The van der Waals surface area contributed by atoms with Crippen LogP contribution in [0, 0.1) is 0 Å². The molecule has 2 amide bonds. The van der Waals surface area contributed by atoms with Gasteiger partial charge in [-0.25, -0.2) is 4.79 Å². The van der Waals surface area contributed by atoms with Gasteiger partial charge in [0.1, 0.15) is 11.5 Å². The van der Waals surface area contributed by atoms with E-state index in [1.54, 1.807) is 30.3 Å². The number of carbonyl (C=O) groups is 1. The number of urea groups is 1. The van der Waals surface area contributed by atoms with Crippen molar-refractivity contribution in [2.75, 3.05) is 17.7 Å². The molecule has 116 valence electrons. The molecular formula is C18H16N2O3. The average molecular weight is 308 g/mol. The van der Waals surface area contributed by atoms with Gasteiger partial charge in [0.2, 0.25) is 0 Å². The van der Waals surface area contributed by atoms with E-state index in [9.17, 15) is 9.90 Å². The van der Waals surface area contributed by atoms with E-state index in [0.717, 1.165) is 10.8 Å². The zero-order chi connectivity index (χ0) is 16.2. The summed E-state index contributed by atoms with van der Waals surface area (Å²) in [6.45, 7) is 0. The third-order valence-electron chi connectivity index (χ3n) is 3.47. The van der Waals surface area contributed by atoms with Crippen molar-refractivity contribution in [2.24, 2.45) is 0 Å². The molecule has 0 fully saturated rings. The highest BCUT2D eigenvalue weighted by atomic mass is 16.5. The summed E-state index contributed by atoms with van der Waals surface area (Å²) in [6.07, 6.45) is 0. The molecule has 0 aromatic heterocycles. The van der Waals surface area contributed by atoms with Crippen LogP contribution in [0.4, 0.5) is 16.2 Å². The number of hydrogen-bond acceptors (Lipinski definition) is 3. The average Bonchev–Trinajstić information content (AvgIpc) is 2.56. The van der Waals surface area contributed by atoms with Crippen molar-refractivity contribution in [3.8, 4) is 11.5 Å². The van der Waals surface area contributed by atoms with Crippen molar-refractivity contribution in [3.05, 3.63) is 60.7 Å². The van der Waals surface area contributed by atoms with Gasteiger partial charge in [-0.15, -0.1) is 0 Å². The van der Waals surface area contributed by atoms with E-state index < -0.39 is 6.03 Å². The number of hydrogen-bond donors (Lipinski definition) is 3. The van der Waals surface area contributed by atoms with Crippen LogP contribution in [0.2, 0.25) is 0 Å². The second-order valence-electron chi connectivity index (χ2n) is 5.00. The maximum atomic E-state index is 12.1. The number of amides is 2. The first-order chi connectivity index (χ1) is 11.2. The molecule has 0 aliphatic heterocycles. The second-order valence-corrected chi connectivity index (χ2v) is 5.00. The van der Waals surface area contributed by atoms with Crippen molar-refractivity contribution in [2.45, 2.75) is 0 Å². The molecule has 0 bridgehead atoms. The molecule has 0 atom stereocenters. The SMILES string of the molecule is COc1ccccc1NC(=O)Nc1cc2ccccc2cc1O. The predicted octanol–water partition coefficient (Wildman–Crippen LogP) is 4.20. The fourth-order valence-corrected chi connectivity index (χ4v) is 2.35. The fraction of sp³-hybridized carbons (Fsp3) is 0.0556. The summed E-state index contributed by atoms with van der Waals surface area (Å²) in [6, 6.07) is 17.6. The Labute approximate surface area is 133 Å². The van der Waals surface area contributed by atoms with Crippen molar-refractivity contribution >= 4 is 28.2 Å². The van der Waals surface area contributed by atoms with Crippen molar-refractivity contribution < 1.29 is 14.6 Å². The Balaban J connectivity index is 1.81. The van der Waals surface area contributed by atoms with Crippen LogP contribution >= 0.6 is 0 Å². The van der Waals surface area contributed by atoms with Crippen LogP contribution in [0.15, 0.2) is 60.7 Å². The molecule has 0 spiro atoms. The largest absolute Gasteiger partial charge is 0.506 e. The lowest BCUT2D eigenvalue weighted by Gasteiger charge is -2.12. The smallest absolute Gasteiger partial charge is 0.323 e. The number of carbonyl (C=O) groups excluding carboxylic acids is 1. The van der Waals surface area contributed by atoms with Gasteiger partial charge in [0, 0.05) is 0 Å². The highest BCUT2D eigenvalue weighted by Gasteiger charge is 2.10. The van der Waals surface area contributed by atoms with Gasteiger partial charge in [0.15, 0.2) is 0 Å². The van der Waals surface area contributed by atoms with Crippen LogP contribution in [0.5, 0.6) is 11.5 Å². The number of phenolic OH excluding ortho intramolecular Hbond substituents is 1. The third-order valence-corrected chi connectivity index (χ3v) is 3.47. The van der Waals surface area contributed by atoms with Gasteiger partial charge >= 0.3 is 6.03 Å². The lowest BCUT2D eigenvalue weighted by atomic mass is 10.1. The minimum Gasteiger partial charge on any atom is -0.506 e. The third kappa shape index (κ3) is 3.18. The molecule has 0 radical (unpaired) electrons. The Morgan fingerprint density at radius 1 is 0.913 bits per heavy atom. The van der Waals surface area contributed by atoms with E-state index in [2.05, 4.69) is 10.6 Å². The summed E-state index contributed by atoms with van der Waals surface area (Å²) in [7, 11) is 1.54. The number of anilines is 2. The Morgan fingerprint density at radius 3 is 2.26 bits per heavy atom. The minimum atomic E-state index is -0.458. The number of nitrogens with one attached hydrogen (secondary N) is 2. The van der Waals surface area contributed by atoms with Crippen LogP contribution in [-0.4, -0.2) is 18.2 Å². The number of para-hydroxylation sites is 2. The molecule has 0 saturated carbocycles. The van der Waals surface area contributed by atoms with Crippen LogP contribution in [0.3, 0.4) is 0 Å². The molecule has 5 heteroatoms. The number of rotatable bonds is 3. The molecule has 23 heavy (non-hydrogen) atoms. The molecule has 0 heterocycles. The molecule has 3 aromatic rings. The Morgan fingerprint density at radius 2 is 1.52 bits per heavy atom. The zero-order valence-corrected chi connectivity index (χ0v) is 12.5. The highest BCUT2D eigenvalue weighted by Crippen LogP contribution is 2.30. The molecule has 0 saturated heterocycles. The van der Waals surface area contributed by atoms with Crippen LogP contribution in [0.1, 0.15) is 0 Å². The lowest BCUT2D eigenvalue weighted by molar-refractivity contribution is 0.262. The summed E-state index contributed by atoms with van der Waals surface area (Å²) >= 11 is 0. The van der Waals surface area contributed by atoms with Crippen LogP contribution in [-0.2, 0) is 0 Å². The van der Waals surface area contributed by atoms with E-state index >= 15 is 0 Å². The minimum absolute atomic E-state index is 0.0128. The first-order valence-corrected chi connectivity index (χ1v) is 7.10. The number of ether oxygens (including phenoxy) is 1. The monoisotopic (exact) mass is 308 g/mol. The Kier molecular flexibility index (Phi) is 4.01. The molecule has 0 unspecified atom stereocenters. The van der Waals surface area contributed by atoms with Crippen molar-refractivity contribution in [1.82, 2.24) is 0 Å². The van der Waals surface area contributed by atoms with Gasteiger partial charge in [0.05, 0.1) is 18.5 Å². The summed E-state index contributed by atoms with van der Waals surface area (Å²) in [5, 5.41) is 17.2. The Bertz CT molecular complexity index is 862. The zero-order valence-electron chi connectivity index (χ0n) is 12.5. The Hall–Kier alpha value is -3.21.